The molecule has 3 nitrogen and oxygen atoms in total. The Balaban J connectivity index is 2.03. The number of carbonyl (C=O) groups is 2. The van der Waals surface area contributed by atoms with Crippen molar-refractivity contribution in [1.82, 2.24) is 4.90 Å². The molecular formula is C16H21NO2. The molecule has 0 atom stereocenters. The van der Waals surface area contributed by atoms with E-state index in [0.29, 0.717) is 12.6 Å². The monoisotopic (exact) mass is 259 g/mol. The van der Waals surface area contributed by atoms with Gasteiger partial charge in [-0.3, -0.25) is 9.59 Å². The molecule has 0 heterocycles. The smallest absolute Gasteiger partial charge is 0.230 e. The molecule has 1 aromatic rings. The van der Waals surface area contributed by atoms with Crippen LogP contribution in [0.2, 0.25) is 0 Å². The lowest BCUT2D eigenvalue weighted by atomic mass is 10.1. The molecule has 2 rings (SSSR count). The molecule has 1 saturated carbocycles. The van der Waals surface area contributed by atoms with E-state index in [1.807, 2.05) is 4.90 Å². The number of benzene rings is 1. The van der Waals surface area contributed by atoms with Crippen molar-refractivity contribution in [2.45, 2.75) is 52.1 Å². The normalized spacial score (nSPS) is 14.2. The van der Waals surface area contributed by atoms with Gasteiger partial charge in [-0.2, -0.15) is 0 Å². The molecule has 102 valence electrons. The minimum Gasteiger partial charge on any atom is -0.335 e. The third-order valence-corrected chi connectivity index (χ3v) is 3.49. The van der Waals surface area contributed by atoms with Gasteiger partial charge >= 0.3 is 0 Å². The van der Waals surface area contributed by atoms with E-state index in [2.05, 4.69) is 31.2 Å². The zero-order chi connectivity index (χ0) is 13.8. The fourth-order valence-electron chi connectivity index (χ4n) is 2.20. The van der Waals surface area contributed by atoms with Crippen molar-refractivity contribution in [3.8, 4) is 0 Å². The molecule has 0 N–H and O–H groups in total. The summed E-state index contributed by atoms with van der Waals surface area (Å²) in [5.74, 6) is -0.0912. The highest BCUT2D eigenvalue weighted by atomic mass is 16.2. The zero-order valence-electron chi connectivity index (χ0n) is 11.7. The fraction of sp³-hybridized carbons (Fsp3) is 0.500. The van der Waals surface area contributed by atoms with Gasteiger partial charge in [0.1, 0.15) is 5.78 Å². The number of amides is 1. The fourth-order valence-corrected chi connectivity index (χ4v) is 2.20. The van der Waals surface area contributed by atoms with E-state index in [1.54, 1.807) is 0 Å². The summed E-state index contributed by atoms with van der Waals surface area (Å²) < 4.78 is 0. The van der Waals surface area contributed by atoms with E-state index in [-0.39, 0.29) is 18.1 Å². The minimum atomic E-state index is -0.0584. The minimum absolute atomic E-state index is 0.0313. The lowest BCUT2D eigenvalue weighted by Crippen LogP contribution is -2.33. The number of carbonyl (C=O) groups excluding carboxylic acids is 2. The Labute approximate surface area is 114 Å². The second kappa shape index (κ2) is 6.00. The van der Waals surface area contributed by atoms with Crippen molar-refractivity contribution in [2.24, 2.45) is 0 Å². The molecule has 0 unspecified atom stereocenters. The molecule has 0 spiro atoms. The van der Waals surface area contributed by atoms with Crippen LogP contribution in [0.15, 0.2) is 24.3 Å². The van der Waals surface area contributed by atoms with E-state index >= 15 is 0 Å². The van der Waals surface area contributed by atoms with Gasteiger partial charge in [0.25, 0.3) is 0 Å². The van der Waals surface area contributed by atoms with Crippen molar-refractivity contribution in [2.75, 3.05) is 0 Å². The standard InChI is InChI=1S/C16H21NO2/c1-3-13-4-6-14(7-5-13)11-17(15-8-9-15)16(19)10-12(2)18/h4-7,15H,3,8-11H2,1-2H3. The van der Waals surface area contributed by atoms with Crippen LogP contribution in [0.5, 0.6) is 0 Å². The highest BCUT2D eigenvalue weighted by molar-refractivity contribution is 5.97. The van der Waals surface area contributed by atoms with Crippen LogP contribution in [0.4, 0.5) is 0 Å². The molecule has 3 heteroatoms. The third-order valence-electron chi connectivity index (χ3n) is 3.49. The Morgan fingerprint density at radius 2 is 1.74 bits per heavy atom. The van der Waals surface area contributed by atoms with Crippen LogP contribution in [0.1, 0.15) is 44.2 Å². The first kappa shape index (κ1) is 13.8. The molecule has 19 heavy (non-hydrogen) atoms. The average molecular weight is 259 g/mol. The first-order valence-corrected chi connectivity index (χ1v) is 6.97. The first-order valence-electron chi connectivity index (χ1n) is 6.97. The maximum absolute atomic E-state index is 12.1. The van der Waals surface area contributed by atoms with E-state index in [9.17, 15) is 9.59 Å². The van der Waals surface area contributed by atoms with E-state index in [4.69, 9.17) is 0 Å². The number of rotatable bonds is 6. The summed E-state index contributed by atoms with van der Waals surface area (Å²) in [5.41, 5.74) is 2.44. The lowest BCUT2D eigenvalue weighted by Gasteiger charge is -2.22. The van der Waals surface area contributed by atoms with E-state index in [0.717, 1.165) is 24.8 Å². The summed E-state index contributed by atoms with van der Waals surface area (Å²) in [4.78, 5) is 25.0. The first-order chi connectivity index (χ1) is 9.10. The molecule has 0 saturated heterocycles. The van der Waals surface area contributed by atoms with Crippen LogP contribution in [0.25, 0.3) is 0 Å². The summed E-state index contributed by atoms with van der Waals surface area (Å²) in [7, 11) is 0. The van der Waals surface area contributed by atoms with Crippen LogP contribution in [-0.4, -0.2) is 22.6 Å². The van der Waals surface area contributed by atoms with Crippen LogP contribution < -0.4 is 0 Å². The second-order valence-electron chi connectivity index (χ2n) is 5.30. The predicted molar refractivity (Wildman–Crippen MR) is 74.7 cm³/mol. The van der Waals surface area contributed by atoms with Gasteiger partial charge in [-0.1, -0.05) is 31.2 Å². The van der Waals surface area contributed by atoms with Crippen molar-refractivity contribution >= 4 is 11.7 Å². The maximum atomic E-state index is 12.1. The van der Waals surface area contributed by atoms with Gasteiger partial charge in [-0.15, -0.1) is 0 Å². The number of Topliss-reactive ketones (excluding diaryl/α,β-unsaturated/α-hetero) is 1. The number of hydrogen-bond donors (Lipinski definition) is 0. The van der Waals surface area contributed by atoms with Crippen LogP contribution in [0, 0.1) is 0 Å². The molecule has 0 aromatic heterocycles. The Morgan fingerprint density at radius 3 is 2.21 bits per heavy atom. The van der Waals surface area contributed by atoms with Crippen LogP contribution in [-0.2, 0) is 22.6 Å². The summed E-state index contributed by atoms with van der Waals surface area (Å²) in [6.45, 7) is 4.22. The van der Waals surface area contributed by atoms with Crippen LogP contribution in [0.3, 0.4) is 0 Å². The highest BCUT2D eigenvalue weighted by Crippen LogP contribution is 2.29. The predicted octanol–water partition coefficient (Wildman–Crippen LogP) is 2.72. The van der Waals surface area contributed by atoms with Gasteiger partial charge < -0.3 is 4.90 Å². The summed E-state index contributed by atoms with van der Waals surface area (Å²) >= 11 is 0. The van der Waals surface area contributed by atoms with Crippen molar-refractivity contribution in [3.63, 3.8) is 0 Å². The largest absolute Gasteiger partial charge is 0.335 e. The number of hydrogen-bond acceptors (Lipinski definition) is 2. The van der Waals surface area contributed by atoms with E-state index in [1.165, 1.54) is 12.5 Å². The Bertz CT molecular complexity index is 460. The molecule has 1 aliphatic carbocycles. The summed E-state index contributed by atoms with van der Waals surface area (Å²) in [6.07, 6.45) is 3.19. The summed E-state index contributed by atoms with van der Waals surface area (Å²) in [6, 6.07) is 8.72. The van der Waals surface area contributed by atoms with Gasteiger partial charge in [-0.25, -0.2) is 0 Å². The second-order valence-corrected chi connectivity index (χ2v) is 5.30. The number of ketones is 1. The van der Waals surface area contributed by atoms with Gasteiger partial charge in [-0.05, 0) is 37.3 Å². The molecule has 1 fully saturated rings. The highest BCUT2D eigenvalue weighted by Gasteiger charge is 2.32. The molecule has 0 radical (unpaired) electrons. The van der Waals surface area contributed by atoms with Gasteiger partial charge in [0.2, 0.25) is 5.91 Å². The van der Waals surface area contributed by atoms with Crippen molar-refractivity contribution < 1.29 is 9.59 Å². The van der Waals surface area contributed by atoms with Gasteiger partial charge in [0.15, 0.2) is 0 Å². The Morgan fingerprint density at radius 1 is 1.16 bits per heavy atom. The third kappa shape index (κ3) is 3.91. The molecule has 1 aromatic carbocycles. The zero-order valence-corrected chi connectivity index (χ0v) is 11.7. The quantitative estimate of drug-likeness (QED) is 0.737. The van der Waals surface area contributed by atoms with E-state index < -0.39 is 0 Å². The molecule has 0 aliphatic heterocycles. The molecule has 1 aliphatic rings. The SMILES string of the molecule is CCc1ccc(CN(C(=O)CC(C)=O)C2CC2)cc1. The topological polar surface area (TPSA) is 37.4 Å². The number of nitrogens with zero attached hydrogens (tertiary/aromatic N) is 1. The molecular weight excluding hydrogens is 238 g/mol. The summed E-state index contributed by atoms with van der Waals surface area (Å²) in [5, 5.41) is 0. The Kier molecular flexibility index (Phi) is 4.35. The van der Waals surface area contributed by atoms with Crippen molar-refractivity contribution in [1.29, 1.82) is 0 Å². The van der Waals surface area contributed by atoms with Crippen LogP contribution >= 0.6 is 0 Å². The van der Waals surface area contributed by atoms with Gasteiger partial charge in [0, 0.05) is 12.6 Å². The van der Waals surface area contributed by atoms with Crippen molar-refractivity contribution in [3.05, 3.63) is 35.4 Å². The lowest BCUT2D eigenvalue weighted by molar-refractivity contribution is -0.135. The van der Waals surface area contributed by atoms with Gasteiger partial charge in [0.05, 0.1) is 6.42 Å². The molecule has 1 amide bonds. The Hall–Kier alpha value is -1.64. The average Bonchev–Trinajstić information content (AvgIpc) is 3.20. The molecule has 0 bridgehead atoms. The number of aryl methyl sites for hydroxylation is 1. The maximum Gasteiger partial charge on any atom is 0.230 e.